The highest BCUT2D eigenvalue weighted by Gasteiger charge is 2.26. The van der Waals surface area contributed by atoms with Crippen LogP contribution in [0.15, 0.2) is 0 Å². The highest BCUT2D eigenvalue weighted by Crippen LogP contribution is 2.23. The van der Waals surface area contributed by atoms with E-state index in [0.29, 0.717) is 31.0 Å². The lowest BCUT2D eigenvalue weighted by molar-refractivity contribution is 0.0688. The first kappa shape index (κ1) is 11.0. The number of aryl methyl sites for hydroxylation is 1. The third-order valence-corrected chi connectivity index (χ3v) is 2.58. The van der Waals surface area contributed by atoms with Crippen molar-refractivity contribution in [2.75, 3.05) is 13.2 Å². The highest BCUT2D eigenvalue weighted by molar-refractivity contribution is 5.87. The van der Waals surface area contributed by atoms with Crippen molar-refractivity contribution in [3.05, 3.63) is 22.8 Å². The van der Waals surface area contributed by atoms with Crippen molar-refractivity contribution in [3.8, 4) is 0 Å². The minimum absolute atomic E-state index is 0.0583. The average molecular weight is 223 g/mol. The van der Waals surface area contributed by atoms with Crippen LogP contribution >= 0.6 is 0 Å². The fourth-order valence-corrected chi connectivity index (χ4v) is 1.92. The smallest absolute Gasteiger partial charge is 0.354 e. The minimum Gasteiger partial charge on any atom is -0.476 e. The molecular weight excluding hydrogens is 210 g/mol. The second kappa shape index (κ2) is 4.15. The van der Waals surface area contributed by atoms with E-state index in [2.05, 4.69) is 9.97 Å². The van der Waals surface area contributed by atoms with Crippen LogP contribution in [0.3, 0.4) is 0 Å². The van der Waals surface area contributed by atoms with E-state index in [0.717, 1.165) is 5.69 Å². The summed E-state index contributed by atoms with van der Waals surface area (Å²) in [5, 5.41) is 17.9. The van der Waals surface area contributed by atoms with Crippen LogP contribution in [-0.4, -0.2) is 44.2 Å². The summed E-state index contributed by atoms with van der Waals surface area (Å²) >= 11 is 0. The fourth-order valence-electron chi connectivity index (χ4n) is 1.92. The second-order valence-corrected chi connectivity index (χ2v) is 3.78. The van der Waals surface area contributed by atoms with Gasteiger partial charge in [-0.3, -0.25) is 4.90 Å². The fraction of sp³-hybridized carbons (Fsp3) is 0.500. The topological polar surface area (TPSA) is 86.5 Å². The van der Waals surface area contributed by atoms with Crippen molar-refractivity contribution in [2.45, 2.75) is 20.0 Å². The number of carboxylic acids is 1. The molecule has 1 aliphatic rings. The van der Waals surface area contributed by atoms with Crippen LogP contribution in [0.25, 0.3) is 0 Å². The lowest BCUT2D eigenvalue weighted by atomic mass is 10.2. The maximum Gasteiger partial charge on any atom is 0.354 e. The largest absolute Gasteiger partial charge is 0.476 e. The molecule has 1 aliphatic heterocycles. The molecule has 0 bridgehead atoms. The molecule has 2 rings (SSSR count). The Morgan fingerprint density at radius 2 is 2.19 bits per heavy atom. The SMILES string of the molecule is Cc1nc2c(c(C(=O)O)n1)CN(CCO)C2. The molecule has 6 nitrogen and oxygen atoms in total. The zero-order valence-electron chi connectivity index (χ0n) is 8.97. The minimum atomic E-state index is -1.02. The van der Waals surface area contributed by atoms with Crippen molar-refractivity contribution in [3.63, 3.8) is 0 Å². The third-order valence-electron chi connectivity index (χ3n) is 2.58. The number of aromatic nitrogens is 2. The lowest BCUT2D eigenvalue weighted by Gasteiger charge is -2.11. The Morgan fingerprint density at radius 1 is 1.44 bits per heavy atom. The van der Waals surface area contributed by atoms with Crippen molar-refractivity contribution in [1.82, 2.24) is 14.9 Å². The molecule has 1 aromatic rings. The Labute approximate surface area is 92.6 Å². The van der Waals surface area contributed by atoms with Crippen LogP contribution in [-0.2, 0) is 13.1 Å². The Balaban J connectivity index is 2.36. The molecule has 1 aromatic heterocycles. The van der Waals surface area contributed by atoms with Crippen LogP contribution in [0.4, 0.5) is 0 Å². The van der Waals surface area contributed by atoms with Crippen LogP contribution in [0.5, 0.6) is 0 Å². The summed E-state index contributed by atoms with van der Waals surface area (Å²) in [6.07, 6.45) is 0. The van der Waals surface area contributed by atoms with Gasteiger partial charge in [-0.1, -0.05) is 0 Å². The van der Waals surface area contributed by atoms with E-state index in [-0.39, 0.29) is 12.3 Å². The Hall–Kier alpha value is -1.53. The van der Waals surface area contributed by atoms with Gasteiger partial charge in [0.1, 0.15) is 5.82 Å². The number of aliphatic hydroxyl groups is 1. The number of rotatable bonds is 3. The van der Waals surface area contributed by atoms with Gasteiger partial charge in [0.15, 0.2) is 5.69 Å². The van der Waals surface area contributed by atoms with E-state index in [1.807, 2.05) is 4.90 Å². The van der Waals surface area contributed by atoms with Gasteiger partial charge >= 0.3 is 5.97 Å². The molecule has 0 aromatic carbocycles. The molecule has 16 heavy (non-hydrogen) atoms. The summed E-state index contributed by atoms with van der Waals surface area (Å²) in [6.45, 7) is 3.34. The molecule has 2 heterocycles. The number of carbonyl (C=O) groups is 1. The van der Waals surface area contributed by atoms with Crippen molar-refractivity contribution >= 4 is 5.97 Å². The van der Waals surface area contributed by atoms with E-state index in [1.165, 1.54) is 0 Å². The molecule has 0 saturated carbocycles. The third kappa shape index (κ3) is 1.89. The van der Waals surface area contributed by atoms with Crippen molar-refractivity contribution in [2.24, 2.45) is 0 Å². The summed E-state index contributed by atoms with van der Waals surface area (Å²) in [7, 11) is 0. The monoisotopic (exact) mass is 223 g/mol. The molecule has 2 N–H and O–H groups in total. The van der Waals surface area contributed by atoms with Gasteiger partial charge in [0.25, 0.3) is 0 Å². The van der Waals surface area contributed by atoms with Gasteiger partial charge in [0, 0.05) is 25.2 Å². The van der Waals surface area contributed by atoms with E-state index < -0.39 is 5.97 Å². The molecule has 0 aliphatic carbocycles. The summed E-state index contributed by atoms with van der Waals surface area (Å²) in [6, 6.07) is 0. The number of hydrogen-bond acceptors (Lipinski definition) is 5. The maximum absolute atomic E-state index is 11.0. The second-order valence-electron chi connectivity index (χ2n) is 3.78. The number of aromatic carboxylic acids is 1. The lowest BCUT2D eigenvalue weighted by Crippen LogP contribution is -2.20. The number of hydrogen-bond donors (Lipinski definition) is 2. The molecule has 0 fully saturated rings. The maximum atomic E-state index is 11.0. The van der Waals surface area contributed by atoms with Gasteiger partial charge in [-0.15, -0.1) is 0 Å². The van der Waals surface area contributed by atoms with Gasteiger partial charge < -0.3 is 10.2 Å². The number of aliphatic hydroxyl groups excluding tert-OH is 1. The zero-order chi connectivity index (χ0) is 11.7. The zero-order valence-corrected chi connectivity index (χ0v) is 8.97. The molecule has 0 atom stereocenters. The Kier molecular flexibility index (Phi) is 2.84. The van der Waals surface area contributed by atoms with Gasteiger partial charge in [0.2, 0.25) is 0 Å². The quantitative estimate of drug-likeness (QED) is 0.737. The van der Waals surface area contributed by atoms with Gasteiger partial charge in [-0.2, -0.15) is 0 Å². The number of β-amino-alcohol motifs (C(OH)–C–C–N with tert-alkyl or cyclic N) is 1. The molecule has 0 unspecified atom stereocenters. The van der Waals surface area contributed by atoms with Gasteiger partial charge in [0.05, 0.1) is 12.3 Å². The molecule has 6 heteroatoms. The molecule has 0 saturated heterocycles. The number of nitrogens with zero attached hydrogens (tertiary/aromatic N) is 3. The van der Waals surface area contributed by atoms with E-state index in [1.54, 1.807) is 6.92 Å². The van der Waals surface area contributed by atoms with Crippen LogP contribution in [0.2, 0.25) is 0 Å². The summed E-state index contributed by atoms with van der Waals surface area (Å²) in [5.74, 6) is -0.547. The van der Waals surface area contributed by atoms with Crippen LogP contribution in [0.1, 0.15) is 27.6 Å². The number of fused-ring (bicyclic) bond motifs is 1. The molecular formula is C10H13N3O3. The van der Waals surface area contributed by atoms with Crippen molar-refractivity contribution < 1.29 is 15.0 Å². The first-order valence-corrected chi connectivity index (χ1v) is 5.04. The standard InChI is InChI=1S/C10H13N3O3/c1-6-11-8-5-13(2-3-14)4-7(8)9(12-6)10(15)16/h14H,2-5H2,1H3,(H,15,16). The summed E-state index contributed by atoms with van der Waals surface area (Å²) < 4.78 is 0. The predicted molar refractivity (Wildman–Crippen MR) is 54.9 cm³/mol. The van der Waals surface area contributed by atoms with Crippen molar-refractivity contribution in [1.29, 1.82) is 0 Å². The first-order valence-electron chi connectivity index (χ1n) is 5.04. The number of carboxylic acid groups (broad SMARTS) is 1. The average Bonchev–Trinajstić information content (AvgIpc) is 2.59. The molecule has 0 amide bonds. The first-order chi connectivity index (χ1) is 7.61. The predicted octanol–water partition coefficient (Wildman–Crippen LogP) is -0.209. The molecule has 0 radical (unpaired) electrons. The van der Waals surface area contributed by atoms with Gasteiger partial charge in [-0.25, -0.2) is 14.8 Å². The Bertz CT molecular complexity index is 434. The Morgan fingerprint density at radius 3 is 2.81 bits per heavy atom. The van der Waals surface area contributed by atoms with E-state index in [4.69, 9.17) is 10.2 Å². The van der Waals surface area contributed by atoms with Crippen LogP contribution in [0, 0.1) is 6.92 Å². The molecule has 86 valence electrons. The highest BCUT2D eigenvalue weighted by atomic mass is 16.4. The van der Waals surface area contributed by atoms with Crippen LogP contribution < -0.4 is 0 Å². The van der Waals surface area contributed by atoms with Gasteiger partial charge in [-0.05, 0) is 6.92 Å². The summed E-state index contributed by atoms with van der Waals surface area (Å²) in [5.41, 5.74) is 1.52. The normalized spacial score (nSPS) is 15.1. The summed E-state index contributed by atoms with van der Waals surface area (Å²) in [4.78, 5) is 21.1. The molecule has 0 spiro atoms. The van der Waals surface area contributed by atoms with E-state index in [9.17, 15) is 4.79 Å². The van der Waals surface area contributed by atoms with E-state index >= 15 is 0 Å².